The molecule has 1 aromatic heterocycles. The van der Waals surface area contributed by atoms with E-state index in [1.165, 1.54) is 11.3 Å². The van der Waals surface area contributed by atoms with Crippen molar-refractivity contribution in [3.63, 3.8) is 0 Å². The van der Waals surface area contributed by atoms with Crippen LogP contribution in [-0.2, 0) is 9.59 Å². The Morgan fingerprint density at radius 3 is 2.95 bits per heavy atom. The lowest BCUT2D eigenvalue weighted by Gasteiger charge is -2.39. The molecule has 19 heavy (non-hydrogen) atoms. The topological polar surface area (TPSA) is 57.6 Å². The Bertz CT molecular complexity index is 444. The van der Waals surface area contributed by atoms with Crippen molar-refractivity contribution in [3.8, 4) is 0 Å². The second-order valence-corrected chi connectivity index (χ2v) is 5.86. The number of likely N-dealkylation sites (tertiary alicyclic amines) is 1. The molecule has 2 heterocycles. The van der Waals surface area contributed by atoms with E-state index in [1.54, 1.807) is 4.90 Å². The quantitative estimate of drug-likeness (QED) is 0.902. The fourth-order valence-corrected chi connectivity index (χ4v) is 3.52. The molecule has 2 atom stereocenters. The van der Waals surface area contributed by atoms with Gasteiger partial charge in [0.2, 0.25) is 5.91 Å². The van der Waals surface area contributed by atoms with Gasteiger partial charge in [0.15, 0.2) is 0 Å². The minimum Gasteiger partial charge on any atom is -0.481 e. The van der Waals surface area contributed by atoms with Crippen LogP contribution in [0.4, 0.5) is 0 Å². The van der Waals surface area contributed by atoms with E-state index < -0.39 is 11.9 Å². The molecule has 104 valence electrons. The number of amides is 1. The number of piperidine rings is 1. The third-order valence-electron chi connectivity index (χ3n) is 3.61. The van der Waals surface area contributed by atoms with Gasteiger partial charge < -0.3 is 10.0 Å². The molecule has 0 spiro atoms. The average molecular weight is 281 g/mol. The predicted molar refractivity (Wildman–Crippen MR) is 74.0 cm³/mol. The van der Waals surface area contributed by atoms with Crippen LogP contribution in [0, 0.1) is 5.92 Å². The zero-order valence-corrected chi connectivity index (χ0v) is 11.9. The highest BCUT2D eigenvalue weighted by Gasteiger charge is 2.40. The Balaban J connectivity index is 2.29. The smallest absolute Gasteiger partial charge is 0.308 e. The summed E-state index contributed by atoms with van der Waals surface area (Å²) >= 11 is 1.53. The monoisotopic (exact) mass is 281 g/mol. The fourth-order valence-electron chi connectivity index (χ4n) is 2.62. The normalized spacial score (nSPS) is 23.6. The van der Waals surface area contributed by atoms with Gasteiger partial charge in [-0.25, -0.2) is 0 Å². The van der Waals surface area contributed by atoms with Crippen molar-refractivity contribution in [3.05, 3.63) is 22.4 Å². The Hall–Kier alpha value is -1.36. The van der Waals surface area contributed by atoms with E-state index in [0.29, 0.717) is 19.4 Å². The summed E-state index contributed by atoms with van der Waals surface area (Å²) in [6.07, 6.45) is 2.71. The zero-order valence-electron chi connectivity index (χ0n) is 11.0. The summed E-state index contributed by atoms with van der Waals surface area (Å²) in [5.74, 6) is -1.19. The Morgan fingerprint density at radius 2 is 2.37 bits per heavy atom. The lowest BCUT2D eigenvalue weighted by Crippen LogP contribution is -2.45. The second kappa shape index (κ2) is 6.19. The lowest BCUT2D eigenvalue weighted by atomic mass is 9.87. The first-order chi connectivity index (χ1) is 9.15. The maximum absolute atomic E-state index is 12.1. The maximum Gasteiger partial charge on any atom is 0.308 e. The van der Waals surface area contributed by atoms with Crippen molar-refractivity contribution in [2.75, 3.05) is 6.54 Å². The molecule has 1 aromatic rings. The molecule has 0 radical (unpaired) electrons. The molecule has 5 heteroatoms. The van der Waals surface area contributed by atoms with Gasteiger partial charge in [-0.3, -0.25) is 9.59 Å². The SMILES string of the molecule is CCCCN1C(=O)CC[C@H](C(=O)O)[C@H]1c1cccs1. The number of rotatable bonds is 5. The molecule has 0 aliphatic carbocycles. The molecular weight excluding hydrogens is 262 g/mol. The number of carbonyl (C=O) groups is 2. The zero-order chi connectivity index (χ0) is 13.8. The van der Waals surface area contributed by atoms with Crippen LogP contribution < -0.4 is 0 Å². The molecular formula is C14H19NO3S. The van der Waals surface area contributed by atoms with E-state index in [1.807, 2.05) is 17.5 Å². The van der Waals surface area contributed by atoms with Gasteiger partial charge in [0, 0.05) is 17.8 Å². The summed E-state index contributed by atoms with van der Waals surface area (Å²) < 4.78 is 0. The van der Waals surface area contributed by atoms with Gasteiger partial charge in [-0.15, -0.1) is 11.3 Å². The summed E-state index contributed by atoms with van der Waals surface area (Å²) in [7, 11) is 0. The number of carboxylic acids is 1. The third-order valence-corrected chi connectivity index (χ3v) is 4.55. The Kier molecular flexibility index (Phi) is 4.58. The molecule has 1 amide bonds. The van der Waals surface area contributed by atoms with Gasteiger partial charge >= 0.3 is 5.97 Å². The summed E-state index contributed by atoms with van der Waals surface area (Å²) in [6.45, 7) is 2.73. The first-order valence-corrected chi connectivity index (χ1v) is 7.58. The number of carboxylic acid groups (broad SMARTS) is 1. The van der Waals surface area contributed by atoms with E-state index >= 15 is 0 Å². The fraction of sp³-hybridized carbons (Fsp3) is 0.571. The van der Waals surface area contributed by atoms with Crippen molar-refractivity contribution in [1.29, 1.82) is 0 Å². The molecule has 0 saturated carbocycles. The van der Waals surface area contributed by atoms with E-state index in [9.17, 15) is 14.7 Å². The summed E-state index contributed by atoms with van der Waals surface area (Å²) in [4.78, 5) is 26.3. The lowest BCUT2D eigenvalue weighted by molar-refractivity contribution is -0.152. The van der Waals surface area contributed by atoms with Crippen molar-refractivity contribution < 1.29 is 14.7 Å². The van der Waals surface area contributed by atoms with E-state index in [-0.39, 0.29) is 11.9 Å². The molecule has 2 rings (SSSR count). The Morgan fingerprint density at radius 1 is 1.58 bits per heavy atom. The number of hydrogen-bond donors (Lipinski definition) is 1. The van der Waals surface area contributed by atoms with Gasteiger partial charge in [0.25, 0.3) is 0 Å². The second-order valence-electron chi connectivity index (χ2n) is 4.88. The molecule has 0 aromatic carbocycles. The molecule has 4 nitrogen and oxygen atoms in total. The molecule has 1 saturated heterocycles. The van der Waals surface area contributed by atoms with Crippen LogP contribution in [-0.4, -0.2) is 28.4 Å². The van der Waals surface area contributed by atoms with Crippen LogP contribution in [0.15, 0.2) is 17.5 Å². The minimum absolute atomic E-state index is 0.0874. The van der Waals surface area contributed by atoms with Crippen molar-refractivity contribution in [2.24, 2.45) is 5.92 Å². The van der Waals surface area contributed by atoms with Crippen LogP contribution in [0.1, 0.15) is 43.5 Å². The highest BCUT2D eigenvalue weighted by atomic mass is 32.1. The summed E-state index contributed by atoms with van der Waals surface area (Å²) in [5, 5.41) is 11.3. The van der Waals surface area contributed by atoms with Crippen LogP contribution in [0.25, 0.3) is 0 Å². The maximum atomic E-state index is 12.1. The van der Waals surface area contributed by atoms with Gasteiger partial charge in [-0.05, 0) is 24.3 Å². The number of carbonyl (C=O) groups excluding carboxylic acids is 1. The van der Waals surface area contributed by atoms with Gasteiger partial charge in [-0.2, -0.15) is 0 Å². The summed E-state index contributed by atoms with van der Waals surface area (Å²) in [5.41, 5.74) is 0. The summed E-state index contributed by atoms with van der Waals surface area (Å²) in [6, 6.07) is 3.56. The number of hydrogen-bond acceptors (Lipinski definition) is 3. The highest BCUT2D eigenvalue weighted by molar-refractivity contribution is 7.10. The number of nitrogens with zero attached hydrogens (tertiary/aromatic N) is 1. The van der Waals surface area contributed by atoms with Gasteiger partial charge in [-0.1, -0.05) is 19.4 Å². The highest BCUT2D eigenvalue weighted by Crippen LogP contribution is 2.38. The number of unbranched alkanes of at least 4 members (excludes halogenated alkanes) is 1. The van der Waals surface area contributed by atoms with Crippen molar-refractivity contribution >= 4 is 23.2 Å². The van der Waals surface area contributed by atoms with E-state index in [4.69, 9.17) is 0 Å². The molecule has 0 bridgehead atoms. The number of thiophene rings is 1. The largest absolute Gasteiger partial charge is 0.481 e. The first-order valence-electron chi connectivity index (χ1n) is 6.70. The van der Waals surface area contributed by atoms with Gasteiger partial charge in [0.05, 0.1) is 12.0 Å². The standard InChI is InChI=1S/C14H19NO3S/c1-2-3-8-15-12(16)7-6-10(14(17)18)13(15)11-5-4-9-19-11/h4-5,9-10,13H,2-3,6-8H2,1H3,(H,17,18)/t10-,13-/m0/s1. The minimum atomic E-state index is -0.799. The molecule has 1 N–H and O–H groups in total. The molecule has 1 aliphatic rings. The molecule has 1 fully saturated rings. The molecule has 0 unspecified atom stereocenters. The average Bonchev–Trinajstić information content (AvgIpc) is 2.90. The van der Waals surface area contributed by atoms with Crippen LogP contribution in [0.5, 0.6) is 0 Å². The third kappa shape index (κ3) is 2.97. The first kappa shape index (κ1) is 14.1. The van der Waals surface area contributed by atoms with Crippen LogP contribution in [0.2, 0.25) is 0 Å². The number of aliphatic carboxylic acids is 1. The van der Waals surface area contributed by atoms with Crippen molar-refractivity contribution in [2.45, 2.75) is 38.6 Å². The predicted octanol–water partition coefficient (Wildman–Crippen LogP) is 2.91. The Labute approximate surface area is 117 Å². The van der Waals surface area contributed by atoms with Crippen molar-refractivity contribution in [1.82, 2.24) is 4.90 Å². The van der Waals surface area contributed by atoms with Crippen LogP contribution in [0.3, 0.4) is 0 Å². The van der Waals surface area contributed by atoms with E-state index in [2.05, 4.69) is 6.92 Å². The van der Waals surface area contributed by atoms with E-state index in [0.717, 1.165) is 17.7 Å². The van der Waals surface area contributed by atoms with Crippen LogP contribution >= 0.6 is 11.3 Å². The van der Waals surface area contributed by atoms with Gasteiger partial charge in [0.1, 0.15) is 0 Å². The molecule has 1 aliphatic heterocycles.